The first-order chi connectivity index (χ1) is 10.2. The van der Waals surface area contributed by atoms with E-state index in [4.69, 9.17) is 17.0 Å². The molecule has 21 heavy (non-hydrogen) atoms. The number of ether oxygens (including phenoxy) is 1. The molecule has 4 nitrogen and oxygen atoms in total. The lowest BCUT2D eigenvalue weighted by Gasteiger charge is -2.07. The zero-order valence-corrected chi connectivity index (χ0v) is 13.9. The Morgan fingerprint density at radius 3 is 3.00 bits per heavy atom. The number of methoxy groups -OCH3 is 1. The number of unbranched alkanes of at least 4 members (excludes halogenated alkanes) is 2. The third-order valence-corrected chi connectivity index (χ3v) is 5.61. The summed E-state index contributed by atoms with van der Waals surface area (Å²) in [5.74, 6) is 0. The average Bonchev–Trinajstić information content (AvgIpc) is 3.01. The highest BCUT2D eigenvalue weighted by Gasteiger charge is 2.21. The van der Waals surface area contributed by atoms with E-state index in [0.717, 1.165) is 48.9 Å². The minimum atomic E-state index is 0.0971. The molecule has 3 rings (SSSR count). The summed E-state index contributed by atoms with van der Waals surface area (Å²) in [6, 6.07) is 0. The van der Waals surface area contributed by atoms with Crippen molar-refractivity contribution in [1.82, 2.24) is 9.55 Å². The molecule has 1 N–H and O–H groups in total. The van der Waals surface area contributed by atoms with Gasteiger partial charge in [-0.15, -0.1) is 11.3 Å². The van der Waals surface area contributed by atoms with E-state index in [9.17, 15) is 4.79 Å². The molecule has 0 aromatic carbocycles. The maximum atomic E-state index is 12.7. The van der Waals surface area contributed by atoms with E-state index in [1.54, 1.807) is 23.0 Å². The summed E-state index contributed by atoms with van der Waals surface area (Å²) in [4.78, 5) is 18.3. The van der Waals surface area contributed by atoms with Crippen molar-refractivity contribution >= 4 is 33.8 Å². The molecule has 6 heteroatoms. The first-order valence-electron chi connectivity index (χ1n) is 7.48. The zero-order valence-electron chi connectivity index (χ0n) is 12.2. The summed E-state index contributed by atoms with van der Waals surface area (Å²) in [6.07, 6.45) is 6.34. The highest BCUT2D eigenvalue weighted by atomic mass is 32.1. The van der Waals surface area contributed by atoms with Crippen LogP contribution in [0.15, 0.2) is 4.79 Å². The van der Waals surface area contributed by atoms with Gasteiger partial charge in [0.1, 0.15) is 4.83 Å². The van der Waals surface area contributed by atoms with Gasteiger partial charge in [0.25, 0.3) is 5.56 Å². The van der Waals surface area contributed by atoms with Crippen LogP contribution >= 0.6 is 23.6 Å². The lowest BCUT2D eigenvalue weighted by Crippen LogP contribution is -2.22. The fraction of sp³-hybridized carbons (Fsp3) is 0.600. The summed E-state index contributed by atoms with van der Waals surface area (Å²) >= 11 is 7.07. The molecule has 0 bridgehead atoms. The second kappa shape index (κ2) is 6.42. The van der Waals surface area contributed by atoms with E-state index in [1.807, 2.05) is 0 Å². The molecule has 0 aliphatic heterocycles. The van der Waals surface area contributed by atoms with Crippen LogP contribution in [-0.4, -0.2) is 23.3 Å². The number of aromatic amines is 1. The molecule has 0 radical (unpaired) electrons. The van der Waals surface area contributed by atoms with Crippen LogP contribution in [0.1, 0.15) is 36.1 Å². The molecular formula is C15H20N2O2S2. The Kier molecular flexibility index (Phi) is 4.57. The number of H-pyrrole nitrogens is 1. The standard InChI is InChI=1S/C15H20N2O2S2/c1-19-9-4-2-3-8-17-14(18)12-10-6-5-7-11(10)21-13(12)16-15(17)20/h2-9H2,1H3,(H,16,20). The molecule has 2 heterocycles. The fourth-order valence-electron chi connectivity index (χ4n) is 3.01. The number of fused-ring (bicyclic) bond motifs is 3. The van der Waals surface area contributed by atoms with Crippen molar-refractivity contribution in [3.8, 4) is 0 Å². The van der Waals surface area contributed by atoms with Gasteiger partial charge in [-0.05, 0) is 56.3 Å². The van der Waals surface area contributed by atoms with Crippen molar-refractivity contribution < 1.29 is 4.74 Å². The fourth-order valence-corrected chi connectivity index (χ4v) is 4.63. The van der Waals surface area contributed by atoms with Crippen LogP contribution in [0.25, 0.3) is 10.2 Å². The second-order valence-electron chi connectivity index (χ2n) is 5.50. The topological polar surface area (TPSA) is 47.0 Å². The van der Waals surface area contributed by atoms with Gasteiger partial charge in [0.2, 0.25) is 0 Å². The van der Waals surface area contributed by atoms with Gasteiger partial charge in [-0.25, -0.2) is 0 Å². The number of thiophene rings is 1. The number of hydrogen-bond acceptors (Lipinski definition) is 4. The number of hydrogen-bond donors (Lipinski definition) is 1. The Hall–Kier alpha value is -0.980. The third kappa shape index (κ3) is 2.84. The Labute approximate surface area is 132 Å². The van der Waals surface area contributed by atoms with Crippen LogP contribution in [0.2, 0.25) is 0 Å². The highest BCUT2D eigenvalue weighted by molar-refractivity contribution is 7.71. The molecule has 114 valence electrons. The van der Waals surface area contributed by atoms with Gasteiger partial charge in [0.05, 0.1) is 5.39 Å². The van der Waals surface area contributed by atoms with Crippen molar-refractivity contribution in [3.05, 3.63) is 25.6 Å². The number of rotatable bonds is 6. The molecule has 1 aliphatic carbocycles. The van der Waals surface area contributed by atoms with Crippen LogP contribution in [0.5, 0.6) is 0 Å². The van der Waals surface area contributed by atoms with Gasteiger partial charge in [0, 0.05) is 25.1 Å². The first kappa shape index (κ1) is 14.9. The third-order valence-electron chi connectivity index (χ3n) is 4.08. The first-order valence-corrected chi connectivity index (χ1v) is 8.71. The van der Waals surface area contributed by atoms with Crippen molar-refractivity contribution in [3.63, 3.8) is 0 Å². The van der Waals surface area contributed by atoms with E-state index < -0.39 is 0 Å². The predicted octanol–water partition coefficient (Wildman–Crippen LogP) is 3.43. The largest absolute Gasteiger partial charge is 0.385 e. The summed E-state index contributed by atoms with van der Waals surface area (Å²) in [5.41, 5.74) is 1.36. The number of nitrogens with zero attached hydrogens (tertiary/aromatic N) is 1. The Bertz CT molecular complexity index is 757. The molecule has 0 unspecified atom stereocenters. The van der Waals surface area contributed by atoms with Crippen LogP contribution in [-0.2, 0) is 24.1 Å². The van der Waals surface area contributed by atoms with Crippen molar-refractivity contribution in [2.45, 2.75) is 45.1 Å². The van der Waals surface area contributed by atoms with E-state index in [1.165, 1.54) is 16.9 Å². The van der Waals surface area contributed by atoms with Crippen molar-refractivity contribution in [2.24, 2.45) is 0 Å². The Morgan fingerprint density at radius 1 is 1.33 bits per heavy atom. The molecule has 0 amide bonds. The maximum Gasteiger partial charge on any atom is 0.263 e. The molecule has 0 saturated carbocycles. The molecule has 0 saturated heterocycles. The van der Waals surface area contributed by atoms with Crippen LogP contribution < -0.4 is 5.56 Å². The molecule has 2 aromatic rings. The lowest BCUT2D eigenvalue weighted by molar-refractivity contribution is 0.191. The summed E-state index contributed by atoms with van der Waals surface area (Å²) in [5, 5.41) is 0.887. The van der Waals surface area contributed by atoms with Crippen LogP contribution in [0.4, 0.5) is 0 Å². The number of aryl methyl sites for hydroxylation is 2. The summed E-state index contributed by atoms with van der Waals surface area (Å²) < 4.78 is 7.33. The summed E-state index contributed by atoms with van der Waals surface area (Å²) in [7, 11) is 1.71. The normalized spacial score (nSPS) is 14.0. The van der Waals surface area contributed by atoms with Gasteiger partial charge in [0.15, 0.2) is 4.77 Å². The maximum absolute atomic E-state index is 12.7. The summed E-state index contributed by atoms with van der Waals surface area (Å²) in [6.45, 7) is 1.47. The second-order valence-corrected chi connectivity index (χ2v) is 6.99. The molecule has 0 spiro atoms. The quantitative estimate of drug-likeness (QED) is 0.654. The molecule has 1 aliphatic rings. The van der Waals surface area contributed by atoms with E-state index >= 15 is 0 Å². The zero-order chi connectivity index (χ0) is 14.8. The minimum Gasteiger partial charge on any atom is -0.385 e. The van der Waals surface area contributed by atoms with Gasteiger partial charge in [-0.2, -0.15) is 0 Å². The Morgan fingerprint density at radius 2 is 2.19 bits per heavy atom. The van der Waals surface area contributed by atoms with Crippen molar-refractivity contribution in [2.75, 3.05) is 13.7 Å². The molecule has 2 aromatic heterocycles. The smallest absolute Gasteiger partial charge is 0.263 e. The van der Waals surface area contributed by atoms with Crippen LogP contribution in [0.3, 0.4) is 0 Å². The predicted molar refractivity (Wildman–Crippen MR) is 89.0 cm³/mol. The van der Waals surface area contributed by atoms with E-state index in [2.05, 4.69) is 4.98 Å². The molecule has 0 fully saturated rings. The Balaban J connectivity index is 1.88. The highest BCUT2D eigenvalue weighted by Crippen LogP contribution is 2.34. The van der Waals surface area contributed by atoms with Crippen molar-refractivity contribution in [1.29, 1.82) is 0 Å². The molecular weight excluding hydrogens is 304 g/mol. The van der Waals surface area contributed by atoms with E-state index in [-0.39, 0.29) is 5.56 Å². The number of nitrogens with one attached hydrogen (secondary N) is 1. The monoisotopic (exact) mass is 324 g/mol. The van der Waals surface area contributed by atoms with Gasteiger partial charge < -0.3 is 9.72 Å². The molecule has 0 atom stereocenters. The number of aromatic nitrogens is 2. The minimum absolute atomic E-state index is 0.0971. The van der Waals surface area contributed by atoms with Gasteiger partial charge in [-0.3, -0.25) is 9.36 Å². The van der Waals surface area contributed by atoms with E-state index in [0.29, 0.717) is 11.3 Å². The lowest BCUT2D eigenvalue weighted by atomic mass is 10.2. The average molecular weight is 324 g/mol. The van der Waals surface area contributed by atoms with Crippen LogP contribution in [0, 0.1) is 4.77 Å². The van der Waals surface area contributed by atoms with Gasteiger partial charge in [-0.1, -0.05) is 0 Å². The van der Waals surface area contributed by atoms with Gasteiger partial charge >= 0.3 is 0 Å². The SMILES string of the molecule is COCCCCCn1c(=S)[nH]c2sc3c(c2c1=O)CCC3.